The van der Waals surface area contributed by atoms with E-state index in [4.69, 9.17) is 11.6 Å². The van der Waals surface area contributed by atoms with E-state index < -0.39 is 0 Å². The Kier molecular flexibility index (Phi) is 2.72. The largest absolute Gasteiger partial charge is 0.281 e. The van der Waals surface area contributed by atoms with Crippen LogP contribution in [0.4, 0.5) is 0 Å². The van der Waals surface area contributed by atoms with Gasteiger partial charge in [0.05, 0.1) is 10.7 Å². The summed E-state index contributed by atoms with van der Waals surface area (Å²) in [7, 11) is 0. The van der Waals surface area contributed by atoms with Crippen molar-refractivity contribution in [3.8, 4) is 22.1 Å². The summed E-state index contributed by atoms with van der Waals surface area (Å²) in [6, 6.07) is 3.76. The Morgan fingerprint density at radius 3 is 2.95 bits per heavy atom. The summed E-state index contributed by atoms with van der Waals surface area (Å²) in [6.07, 6.45) is 3.43. The highest BCUT2D eigenvalue weighted by Gasteiger charge is 2.18. The molecular formula is C12H8ClN7S. The van der Waals surface area contributed by atoms with Crippen LogP contribution in [0.2, 0.25) is 5.02 Å². The maximum absolute atomic E-state index is 6.21. The second-order valence-electron chi connectivity index (χ2n) is 4.38. The lowest BCUT2D eigenvalue weighted by Gasteiger charge is -1.94. The van der Waals surface area contributed by atoms with Crippen molar-refractivity contribution in [2.75, 3.05) is 0 Å². The van der Waals surface area contributed by atoms with Gasteiger partial charge < -0.3 is 0 Å². The van der Waals surface area contributed by atoms with Crippen LogP contribution in [0.5, 0.6) is 0 Å². The molecule has 0 spiro atoms. The summed E-state index contributed by atoms with van der Waals surface area (Å²) >= 11 is 7.60. The highest BCUT2D eigenvalue weighted by Crippen LogP contribution is 2.32. The van der Waals surface area contributed by atoms with Crippen molar-refractivity contribution in [1.29, 1.82) is 0 Å². The van der Waals surface area contributed by atoms with E-state index >= 15 is 0 Å². The van der Waals surface area contributed by atoms with E-state index in [1.54, 1.807) is 16.9 Å². The van der Waals surface area contributed by atoms with Crippen LogP contribution in [0.1, 0.15) is 5.69 Å². The first-order valence-corrected chi connectivity index (χ1v) is 7.27. The first kappa shape index (κ1) is 12.4. The zero-order chi connectivity index (χ0) is 14.4. The first-order valence-electron chi connectivity index (χ1n) is 6.07. The number of fused-ring (bicyclic) bond motifs is 1. The van der Waals surface area contributed by atoms with E-state index in [1.807, 2.05) is 19.1 Å². The van der Waals surface area contributed by atoms with E-state index in [0.29, 0.717) is 26.5 Å². The SMILES string of the molecule is Cc1[nH]nc(-c2nn3c(-c4cccnc4)nnc3s2)c1Cl. The molecule has 7 nitrogen and oxygen atoms in total. The number of nitrogens with one attached hydrogen (secondary N) is 1. The van der Waals surface area contributed by atoms with Crippen LogP contribution < -0.4 is 0 Å². The third-order valence-corrected chi connectivity index (χ3v) is 4.35. The van der Waals surface area contributed by atoms with Crippen LogP contribution in [-0.2, 0) is 0 Å². The van der Waals surface area contributed by atoms with Gasteiger partial charge in [0.15, 0.2) is 10.8 Å². The summed E-state index contributed by atoms with van der Waals surface area (Å²) in [5, 5.41) is 21.1. The van der Waals surface area contributed by atoms with Crippen molar-refractivity contribution in [2.45, 2.75) is 6.92 Å². The summed E-state index contributed by atoms with van der Waals surface area (Å²) in [5.41, 5.74) is 2.29. The van der Waals surface area contributed by atoms with Crippen LogP contribution >= 0.6 is 22.9 Å². The number of pyridine rings is 1. The Morgan fingerprint density at radius 2 is 2.24 bits per heavy atom. The smallest absolute Gasteiger partial charge is 0.235 e. The Hall–Kier alpha value is -2.32. The molecule has 0 saturated heterocycles. The first-order chi connectivity index (χ1) is 10.2. The molecular weight excluding hydrogens is 310 g/mol. The van der Waals surface area contributed by atoms with E-state index in [2.05, 4.69) is 30.5 Å². The van der Waals surface area contributed by atoms with E-state index in [0.717, 1.165) is 11.3 Å². The van der Waals surface area contributed by atoms with Crippen molar-refractivity contribution in [3.63, 3.8) is 0 Å². The van der Waals surface area contributed by atoms with Gasteiger partial charge in [0.2, 0.25) is 4.96 Å². The van der Waals surface area contributed by atoms with Crippen LogP contribution in [0.25, 0.3) is 27.1 Å². The van der Waals surface area contributed by atoms with Gasteiger partial charge in [-0.15, -0.1) is 10.2 Å². The summed E-state index contributed by atoms with van der Waals surface area (Å²) in [6.45, 7) is 1.86. The molecule has 0 radical (unpaired) electrons. The van der Waals surface area contributed by atoms with Gasteiger partial charge in [-0.3, -0.25) is 10.1 Å². The molecule has 0 aliphatic heterocycles. The number of aryl methyl sites for hydroxylation is 1. The average Bonchev–Trinajstić information content (AvgIpc) is 3.15. The lowest BCUT2D eigenvalue weighted by Crippen LogP contribution is -1.91. The average molecular weight is 318 g/mol. The standard InChI is InChI=1S/C12H8ClN7S/c1-6-8(13)9(16-15-6)11-19-20-10(17-18-12(20)21-11)7-3-2-4-14-5-7/h2-5H,1H3,(H,15,16). The maximum atomic E-state index is 6.21. The molecule has 0 amide bonds. The molecule has 0 unspecified atom stereocenters. The summed E-state index contributed by atoms with van der Waals surface area (Å²) < 4.78 is 1.68. The van der Waals surface area contributed by atoms with Crippen molar-refractivity contribution >= 4 is 27.9 Å². The van der Waals surface area contributed by atoms with E-state index in [9.17, 15) is 0 Å². The number of halogens is 1. The van der Waals surface area contributed by atoms with Crippen LogP contribution in [-0.4, -0.2) is 35.0 Å². The molecule has 4 rings (SSSR count). The third-order valence-electron chi connectivity index (χ3n) is 2.99. The van der Waals surface area contributed by atoms with Crippen LogP contribution in [0.3, 0.4) is 0 Å². The molecule has 0 aliphatic carbocycles. The fourth-order valence-corrected chi connectivity index (χ4v) is 3.01. The Labute approximate surface area is 127 Å². The lowest BCUT2D eigenvalue weighted by molar-refractivity contribution is 0.961. The number of nitrogens with zero attached hydrogens (tertiary/aromatic N) is 6. The molecule has 0 aliphatic rings. The number of aromatic nitrogens is 7. The molecule has 104 valence electrons. The Bertz CT molecular complexity index is 924. The fraction of sp³-hybridized carbons (Fsp3) is 0.0833. The van der Waals surface area contributed by atoms with Gasteiger partial charge >= 0.3 is 0 Å². The molecule has 0 aromatic carbocycles. The number of H-pyrrole nitrogens is 1. The van der Waals surface area contributed by atoms with Gasteiger partial charge in [-0.1, -0.05) is 22.9 Å². The fourth-order valence-electron chi connectivity index (χ4n) is 1.94. The molecule has 1 N–H and O–H groups in total. The number of aromatic amines is 1. The quantitative estimate of drug-likeness (QED) is 0.614. The van der Waals surface area contributed by atoms with Gasteiger partial charge in [-0.25, -0.2) is 0 Å². The number of hydrogen-bond donors (Lipinski definition) is 1. The van der Waals surface area contributed by atoms with Crippen molar-refractivity contribution in [1.82, 2.24) is 35.0 Å². The van der Waals surface area contributed by atoms with Gasteiger partial charge in [0, 0.05) is 18.0 Å². The number of hydrogen-bond acceptors (Lipinski definition) is 6. The minimum atomic E-state index is 0.572. The van der Waals surface area contributed by atoms with Gasteiger partial charge in [-0.05, 0) is 19.1 Å². The minimum absolute atomic E-state index is 0.572. The second-order valence-corrected chi connectivity index (χ2v) is 5.71. The molecule has 0 fully saturated rings. The van der Waals surface area contributed by atoms with E-state index in [1.165, 1.54) is 11.3 Å². The van der Waals surface area contributed by atoms with E-state index in [-0.39, 0.29) is 0 Å². The Morgan fingerprint density at radius 1 is 1.33 bits per heavy atom. The van der Waals surface area contributed by atoms with Crippen LogP contribution in [0.15, 0.2) is 24.5 Å². The van der Waals surface area contributed by atoms with Gasteiger partial charge in [0.25, 0.3) is 0 Å². The van der Waals surface area contributed by atoms with Crippen molar-refractivity contribution in [2.24, 2.45) is 0 Å². The van der Waals surface area contributed by atoms with Crippen LogP contribution in [0, 0.1) is 6.92 Å². The number of rotatable bonds is 2. The molecule has 21 heavy (non-hydrogen) atoms. The summed E-state index contributed by atoms with van der Waals surface area (Å²) in [4.78, 5) is 4.77. The van der Waals surface area contributed by atoms with Gasteiger partial charge in [0.1, 0.15) is 5.69 Å². The zero-order valence-electron chi connectivity index (χ0n) is 10.8. The normalized spacial score (nSPS) is 11.3. The zero-order valence-corrected chi connectivity index (χ0v) is 12.4. The highest BCUT2D eigenvalue weighted by atomic mass is 35.5. The van der Waals surface area contributed by atoms with Crippen molar-refractivity contribution < 1.29 is 0 Å². The predicted molar refractivity (Wildman–Crippen MR) is 79.2 cm³/mol. The van der Waals surface area contributed by atoms with Gasteiger partial charge in [-0.2, -0.15) is 14.7 Å². The molecule has 9 heteroatoms. The molecule has 0 bridgehead atoms. The topological polar surface area (TPSA) is 84.7 Å². The highest BCUT2D eigenvalue weighted by molar-refractivity contribution is 7.19. The summed E-state index contributed by atoms with van der Waals surface area (Å²) in [5.74, 6) is 0.643. The second kappa shape index (κ2) is 4.61. The molecule has 0 atom stereocenters. The predicted octanol–water partition coefficient (Wildman–Crippen LogP) is 2.60. The third kappa shape index (κ3) is 1.91. The maximum Gasteiger partial charge on any atom is 0.235 e. The Balaban J connectivity index is 1.89. The molecule has 4 aromatic rings. The monoisotopic (exact) mass is 317 g/mol. The van der Waals surface area contributed by atoms with Crippen molar-refractivity contribution in [3.05, 3.63) is 35.2 Å². The lowest BCUT2D eigenvalue weighted by atomic mass is 10.3. The molecule has 4 aromatic heterocycles. The minimum Gasteiger partial charge on any atom is -0.281 e. The molecule has 0 saturated carbocycles. The molecule has 4 heterocycles.